The molecule has 0 spiro atoms. The zero-order valence-electron chi connectivity index (χ0n) is 41.1. The molecule has 6 heteroatoms. The second-order valence-electron chi connectivity index (χ2n) is 17.1. The monoisotopic (exact) mass is 877 g/mol. The van der Waals surface area contributed by atoms with Crippen molar-refractivity contribution in [2.75, 3.05) is 13.2 Å². The topological polar surface area (TPSA) is 78.9 Å². The lowest BCUT2D eigenvalue weighted by molar-refractivity contribution is -0.167. The van der Waals surface area contributed by atoms with Gasteiger partial charge in [0.2, 0.25) is 0 Å². The van der Waals surface area contributed by atoms with Crippen LogP contribution in [0.2, 0.25) is 0 Å². The van der Waals surface area contributed by atoms with Crippen molar-refractivity contribution in [1.29, 1.82) is 0 Å². The van der Waals surface area contributed by atoms with E-state index in [1.807, 2.05) is 0 Å². The number of unbranched alkanes of at least 4 members (excludes halogenated alkanes) is 21. The highest BCUT2D eigenvalue weighted by molar-refractivity contribution is 5.71. The van der Waals surface area contributed by atoms with Crippen LogP contribution in [0.4, 0.5) is 0 Å². The minimum Gasteiger partial charge on any atom is -0.462 e. The molecule has 0 aromatic rings. The predicted molar refractivity (Wildman–Crippen MR) is 270 cm³/mol. The largest absolute Gasteiger partial charge is 0.462 e. The molecule has 0 aliphatic carbocycles. The van der Waals surface area contributed by atoms with Crippen LogP contribution in [-0.2, 0) is 28.6 Å². The minimum absolute atomic E-state index is 0.0809. The normalized spacial score (nSPS) is 12.7. The quantitative estimate of drug-likeness (QED) is 0.0262. The molecule has 0 aromatic heterocycles. The molecule has 1 unspecified atom stereocenters. The maximum absolute atomic E-state index is 12.7. The molecule has 0 heterocycles. The lowest BCUT2D eigenvalue weighted by Crippen LogP contribution is -2.30. The van der Waals surface area contributed by atoms with Crippen molar-refractivity contribution in [3.8, 4) is 0 Å². The van der Waals surface area contributed by atoms with E-state index in [0.29, 0.717) is 19.3 Å². The first kappa shape index (κ1) is 59.6. The lowest BCUT2D eigenvalue weighted by Gasteiger charge is -2.18. The number of allylic oxidation sites excluding steroid dienone is 14. The van der Waals surface area contributed by atoms with Crippen LogP contribution in [0, 0.1) is 0 Å². The first-order valence-corrected chi connectivity index (χ1v) is 26.1. The van der Waals surface area contributed by atoms with Crippen molar-refractivity contribution < 1.29 is 28.6 Å². The maximum atomic E-state index is 12.7. The van der Waals surface area contributed by atoms with Crippen LogP contribution >= 0.6 is 0 Å². The number of hydrogen-bond acceptors (Lipinski definition) is 6. The minimum atomic E-state index is -0.778. The Balaban J connectivity index is 4.21. The van der Waals surface area contributed by atoms with E-state index < -0.39 is 6.10 Å². The number of ether oxygens (including phenoxy) is 3. The molecule has 360 valence electrons. The Hall–Kier alpha value is -3.41. The van der Waals surface area contributed by atoms with Crippen LogP contribution in [0.25, 0.3) is 0 Å². The molecule has 0 aliphatic heterocycles. The van der Waals surface area contributed by atoms with Crippen molar-refractivity contribution in [3.05, 3.63) is 85.1 Å². The van der Waals surface area contributed by atoms with E-state index in [0.717, 1.165) is 122 Å². The van der Waals surface area contributed by atoms with Gasteiger partial charge in [-0.15, -0.1) is 0 Å². The highest BCUT2D eigenvalue weighted by atomic mass is 16.6. The molecule has 0 fully saturated rings. The molecule has 0 N–H and O–H groups in total. The molecule has 0 radical (unpaired) electrons. The van der Waals surface area contributed by atoms with Gasteiger partial charge in [0.15, 0.2) is 6.10 Å². The van der Waals surface area contributed by atoms with Crippen LogP contribution in [0.15, 0.2) is 85.1 Å². The summed E-state index contributed by atoms with van der Waals surface area (Å²) in [6.45, 7) is 6.45. The summed E-state index contributed by atoms with van der Waals surface area (Å²) in [7, 11) is 0. The van der Waals surface area contributed by atoms with Gasteiger partial charge in [0.25, 0.3) is 0 Å². The fourth-order valence-corrected chi connectivity index (χ4v) is 7.01. The summed E-state index contributed by atoms with van der Waals surface area (Å²) in [5.41, 5.74) is 0. The average Bonchev–Trinajstić information content (AvgIpc) is 3.28. The summed E-state index contributed by atoms with van der Waals surface area (Å²) in [5.74, 6) is -0.909. The summed E-state index contributed by atoms with van der Waals surface area (Å²) in [4.78, 5) is 37.7. The van der Waals surface area contributed by atoms with Crippen molar-refractivity contribution in [2.45, 2.75) is 245 Å². The zero-order chi connectivity index (χ0) is 45.8. The van der Waals surface area contributed by atoms with Gasteiger partial charge in [-0.1, -0.05) is 228 Å². The van der Waals surface area contributed by atoms with Gasteiger partial charge < -0.3 is 14.2 Å². The van der Waals surface area contributed by atoms with Gasteiger partial charge >= 0.3 is 17.9 Å². The molecule has 1 atom stereocenters. The molecule has 0 saturated carbocycles. The molecule has 0 amide bonds. The third-order valence-electron chi connectivity index (χ3n) is 10.9. The number of rotatable bonds is 46. The summed E-state index contributed by atoms with van der Waals surface area (Å²) in [5, 5.41) is 0. The SMILES string of the molecule is CC/C=C\C/C=C\C/C=C\C/C=C\C/C=C\C/C=C\C/C=C\CCCCCCCC(=O)OCC(COC(=O)CCCCCCCCC)OC(=O)CCCCCCCCCCCCC. The average molecular weight is 877 g/mol. The fraction of sp³-hybridized carbons (Fsp3) is 0.702. The first-order valence-electron chi connectivity index (χ1n) is 26.1. The van der Waals surface area contributed by atoms with E-state index in [2.05, 4.69) is 106 Å². The van der Waals surface area contributed by atoms with E-state index in [-0.39, 0.29) is 31.1 Å². The molecule has 6 nitrogen and oxygen atoms in total. The number of carbonyl (C=O) groups is 3. The van der Waals surface area contributed by atoms with Crippen molar-refractivity contribution in [2.24, 2.45) is 0 Å². The van der Waals surface area contributed by atoms with Gasteiger partial charge in [-0.2, -0.15) is 0 Å². The fourth-order valence-electron chi connectivity index (χ4n) is 7.01. The van der Waals surface area contributed by atoms with E-state index in [1.165, 1.54) is 77.0 Å². The highest BCUT2D eigenvalue weighted by Crippen LogP contribution is 2.14. The number of esters is 3. The van der Waals surface area contributed by atoms with Crippen molar-refractivity contribution in [3.63, 3.8) is 0 Å². The Morgan fingerprint density at radius 1 is 0.333 bits per heavy atom. The first-order chi connectivity index (χ1) is 31.0. The van der Waals surface area contributed by atoms with Crippen LogP contribution in [0.3, 0.4) is 0 Å². The standard InChI is InChI=1S/C57H96O6/c1-4-7-10-13-16-18-20-21-22-23-24-25-26-27-28-29-30-31-32-33-34-35-37-38-41-44-47-50-56(59)62-53-54(52-61-55(58)49-46-43-40-15-12-9-6-3)63-57(60)51-48-45-42-39-36-19-17-14-11-8-5-2/h7,10,16,18,21-22,24-25,27-28,30-31,33-34,54H,4-6,8-9,11-15,17,19-20,23,26,29,32,35-53H2,1-3H3/b10-7-,18-16-,22-21-,25-24-,28-27-,31-30-,34-33-. The van der Waals surface area contributed by atoms with Crippen LogP contribution < -0.4 is 0 Å². The number of hydrogen-bond donors (Lipinski definition) is 0. The highest BCUT2D eigenvalue weighted by Gasteiger charge is 2.19. The lowest BCUT2D eigenvalue weighted by atomic mass is 10.1. The smallest absolute Gasteiger partial charge is 0.306 e. The maximum Gasteiger partial charge on any atom is 0.306 e. The van der Waals surface area contributed by atoms with Crippen molar-refractivity contribution >= 4 is 17.9 Å². The molecule has 0 aliphatic rings. The summed E-state index contributed by atoms with van der Waals surface area (Å²) in [6.07, 6.45) is 65.9. The Bertz CT molecular complexity index is 1240. The Morgan fingerprint density at radius 3 is 0.968 bits per heavy atom. The van der Waals surface area contributed by atoms with E-state index >= 15 is 0 Å². The van der Waals surface area contributed by atoms with Gasteiger partial charge in [-0.05, 0) is 77.0 Å². The van der Waals surface area contributed by atoms with Crippen LogP contribution in [0.1, 0.15) is 239 Å². The predicted octanol–water partition coefficient (Wildman–Crippen LogP) is 17.2. The molecule has 0 rings (SSSR count). The van der Waals surface area contributed by atoms with E-state index in [9.17, 15) is 14.4 Å². The Kier molecular flexibility index (Phi) is 48.5. The molecule has 0 bridgehead atoms. The second kappa shape index (κ2) is 51.2. The third kappa shape index (κ3) is 49.5. The van der Waals surface area contributed by atoms with Crippen molar-refractivity contribution in [1.82, 2.24) is 0 Å². The van der Waals surface area contributed by atoms with Gasteiger partial charge in [-0.3, -0.25) is 14.4 Å². The van der Waals surface area contributed by atoms with Gasteiger partial charge in [-0.25, -0.2) is 0 Å². The van der Waals surface area contributed by atoms with E-state index in [1.54, 1.807) is 0 Å². The van der Waals surface area contributed by atoms with E-state index in [4.69, 9.17) is 14.2 Å². The summed E-state index contributed by atoms with van der Waals surface area (Å²) in [6, 6.07) is 0. The van der Waals surface area contributed by atoms with Crippen LogP contribution in [-0.4, -0.2) is 37.2 Å². The van der Waals surface area contributed by atoms with Gasteiger partial charge in [0.1, 0.15) is 13.2 Å². The van der Waals surface area contributed by atoms with Gasteiger partial charge in [0, 0.05) is 19.3 Å². The second-order valence-corrected chi connectivity index (χ2v) is 17.1. The Labute approximate surface area is 388 Å². The summed E-state index contributed by atoms with van der Waals surface area (Å²) >= 11 is 0. The Morgan fingerprint density at radius 2 is 0.619 bits per heavy atom. The van der Waals surface area contributed by atoms with Gasteiger partial charge in [0.05, 0.1) is 0 Å². The third-order valence-corrected chi connectivity index (χ3v) is 10.9. The number of carbonyl (C=O) groups excluding carboxylic acids is 3. The molecular formula is C57H96O6. The summed E-state index contributed by atoms with van der Waals surface area (Å²) < 4.78 is 16.7. The molecular weight excluding hydrogens is 781 g/mol. The zero-order valence-corrected chi connectivity index (χ0v) is 41.1. The van der Waals surface area contributed by atoms with Crippen LogP contribution in [0.5, 0.6) is 0 Å². The molecule has 0 aromatic carbocycles. The molecule has 63 heavy (non-hydrogen) atoms. The molecule has 0 saturated heterocycles.